The van der Waals surface area contributed by atoms with Crippen molar-refractivity contribution in [2.75, 3.05) is 28.6 Å². The summed E-state index contributed by atoms with van der Waals surface area (Å²) in [6, 6.07) is 14.1. The van der Waals surface area contributed by atoms with E-state index in [1.54, 1.807) is 30.5 Å². The Labute approximate surface area is 216 Å². The zero-order valence-corrected chi connectivity index (χ0v) is 20.8. The van der Waals surface area contributed by atoms with Crippen molar-refractivity contribution in [2.45, 2.75) is 26.4 Å². The number of anilines is 4. The van der Waals surface area contributed by atoms with Crippen molar-refractivity contribution in [1.82, 2.24) is 20.2 Å². The summed E-state index contributed by atoms with van der Waals surface area (Å²) in [4.78, 5) is 23.1. The third-order valence-corrected chi connectivity index (χ3v) is 6.25. The number of nitrogens with one attached hydrogen (secondary N) is 4. The Morgan fingerprint density at radius 2 is 1.87 bits per heavy atom. The van der Waals surface area contributed by atoms with Crippen LogP contribution in [0.5, 0.6) is 0 Å². The molecule has 0 unspecified atom stereocenters. The van der Waals surface area contributed by atoms with Crippen molar-refractivity contribution in [1.29, 1.82) is 0 Å². The van der Waals surface area contributed by atoms with E-state index in [0.29, 0.717) is 34.5 Å². The van der Waals surface area contributed by atoms with E-state index in [1.807, 2.05) is 13.0 Å². The fourth-order valence-electron chi connectivity index (χ4n) is 4.45. The summed E-state index contributed by atoms with van der Waals surface area (Å²) in [7, 11) is 0. The van der Waals surface area contributed by atoms with Crippen LogP contribution in [0.3, 0.4) is 0 Å². The van der Waals surface area contributed by atoms with Crippen LogP contribution in [0.4, 0.5) is 36.2 Å². The Bertz CT molecular complexity index is 1610. The van der Waals surface area contributed by atoms with Gasteiger partial charge in [-0.15, -0.1) is 0 Å². The fourth-order valence-corrected chi connectivity index (χ4v) is 4.45. The van der Waals surface area contributed by atoms with E-state index in [0.717, 1.165) is 29.9 Å². The molecule has 3 aromatic carbocycles. The van der Waals surface area contributed by atoms with Crippen LogP contribution < -0.4 is 15.5 Å². The van der Waals surface area contributed by atoms with Crippen LogP contribution >= 0.6 is 0 Å². The molecule has 0 saturated carbocycles. The largest absolute Gasteiger partial charge is 0.418 e. The van der Waals surface area contributed by atoms with E-state index in [9.17, 15) is 18.0 Å². The smallest absolute Gasteiger partial charge is 0.371 e. The quantitative estimate of drug-likeness (QED) is 0.182. The third-order valence-electron chi connectivity index (χ3n) is 6.25. The molecule has 1 amide bonds. The number of carbonyl (C=O) groups is 1. The minimum Gasteiger partial charge on any atom is -0.371 e. The number of hydrogen-bond donors (Lipinski definition) is 4. The maximum atomic E-state index is 13.5. The molecule has 0 aliphatic heterocycles. The molecule has 38 heavy (non-hydrogen) atoms. The Hall–Kier alpha value is -4.54. The summed E-state index contributed by atoms with van der Waals surface area (Å²) in [5.41, 5.74) is 2.64. The normalized spacial score (nSPS) is 11.7. The zero-order chi connectivity index (χ0) is 26.9. The van der Waals surface area contributed by atoms with Crippen LogP contribution in [-0.4, -0.2) is 39.2 Å². The Morgan fingerprint density at radius 3 is 2.63 bits per heavy atom. The third kappa shape index (κ3) is 4.99. The van der Waals surface area contributed by atoms with Crippen LogP contribution in [-0.2, 0) is 6.18 Å². The Morgan fingerprint density at radius 1 is 1.05 bits per heavy atom. The van der Waals surface area contributed by atoms with Crippen molar-refractivity contribution in [3.8, 4) is 0 Å². The van der Waals surface area contributed by atoms with Crippen LogP contribution in [0.2, 0.25) is 0 Å². The van der Waals surface area contributed by atoms with E-state index >= 15 is 0 Å². The van der Waals surface area contributed by atoms with Crippen LogP contribution in [0.1, 0.15) is 36.2 Å². The van der Waals surface area contributed by atoms with E-state index in [-0.39, 0.29) is 17.5 Å². The topological polar surface area (TPSA) is 102 Å². The van der Waals surface area contributed by atoms with Crippen LogP contribution in [0.25, 0.3) is 21.9 Å². The molecule has 0 aliphatic rings. The van der Waals surface area contributed by atoms with Gasteiger partial charge in [0.2, 0.25) is 5.95 Å². The van der Waals surface area contributed by atoms with Crippen molar-refractivity contribution in [3.05, 3.63) is 71.9 Å². The van der Waals surface area contributed by atoms with Gasteiger partial charge in [-0.05, 0) is 55.8 Å². The maximum absolute atomic E-state index is 13.5. The number of benzene rings is 3. The molecule has 0 bridgehead atoms. The number of nitrogens with zero attached hydrogens (tertiary/aromatic N) is 3. The second-order valence-electron chi connectivity index (χ2n) is 8.85. The number of aromatic amines is 2. The molecule has 0 saturated heterocycles. The molecule has 0 fully saturated rings. The number of aromatic nitrogens is 4. The lowest BCUT2D eigenvalue weighted by Gasteiger charge is -2.25. The number of amides is 1. The highest BCUT2D eigenvalue weighted by Gasteiger charge is 2.33. The van der Waals surface area contributed by atoms with Gasteiger partial charge in [-0.2, -0.15) is 18.3 Å². The van der Waals surface area contributed by atoms with Gasteiger partial charge in [0.05, 0.1) is 45.2 Å². The van der Waals surface area contributed by atoms with Gasteiger partial charge < -0.3 is 20.5 Å². The lowest BCUT2D eigenvalue weighted by Crippen LogP contribution is -2.26. The van der Waals surface area contributed by atoms with Gasteiger partial charge in [0, 0.05) is 24.2 Å². The SMILES string of the molecule is CCCN(CC)c1cc2nc(Nc3ccccc3C(F)(F)F)[nH]c2cc1C(=O)Nc1ccc2cn[nH]c2c1. The molecule has 0 radical (unpaired) electrons. The lowest BCUT2D eigenvalue weighted by molar-refractivity contribution is -0.136. The number of para-hydroxylation sites is 1. The molecule has 5 aromatic rings. The first-order chi connectivity index (χ1) is 18.3. The van der Waals surface area contributed by atoms with E-state index < -0.39 is 11.7 Å². The monoisotopic (exact) mass is 521 g/mol. The second kappa shape index (κ2) is 10.1. The number of carbonyl (C=O) groups excluding carboxylic acids is 1. The minimum absolute atomic E-state index is 0.118. The van der Waals surface area contributed by atoms with E-state index in [4.69, 9.17) is 0 Å². The Balaban J connectivity index is 1.52. The summed E-state index contributed by atoms with van der Waals surface area (Å²) < 4.78 is 40.4. The number of hydrogen-bond acceptors (Lipinski definition) is 5. The Kier molecular flexibility index (Phi) is 6.66. The first kappa shape index (κ1) is 25.1. The lowest BCUT2D eigenvalue weighted by atomic mass is 10.1. The van der Waals surface area contributed by atoms with Gasteiger partial charge in [0.1, 0.15) is 0 Å². The van der Waals surface area contributed by atoms with E-state index in [1.165, 1.54) is 18.2 Å². The van der Waals surface area contributed by atoms with Gasteiger partial charge in [-0.3, -0.25) is 9.89 Å². The predicted molar refractivity (Wildman–Crippen MR) is 143 cm³/mol. The number of fused-ring (bicyclic) bond motifs is 2. The van der Waals surface area contributed by atoms with Gasteiger partial charge in [0.15, 0.2) is 0 Å². The van der Waals surface area contributed by atoms with Crippen molar-refractivity contribution >= 4 is 50.9 Å². The molecule has 0 atom stereocenters. The minimum atomic E-state index is -4.52. The van der Waals surface area contributed by atoms with Gasteiger partial charge in [-0.25, -0.2) is 4.98 Å². The summed E-state index contributed by atoms with van der Waals surface area (Å²) >= 11 is 0. The molecule has 196 valence electrons. The summed E-state index contributed by atoms with van der Waals surface area (Å²) in [5, 5.41) is 13.5. The van der Waals surface area contributed by atoms with Gasteiger partial charge in [-0.1, -0.05) is 19.1 Å². The van der Waals surface area contributed by atoms with Crippen LogP contribution in [0, 0.1) is 0 Å². The van der Waals surface area contributed by atoms with Crippen molar-refractivity contribution < 1.29 is 18.0 Å². The predicted octanol–water partition coefficient (Wildman–Crippen LogP) is 6.69. The summed E-state index contributed by atoms with van der Waals surface area (Å²) in [6.07, 6.45) is -1.95. The molecule has 8 nitrogen and oxygen atoms in total. The first-order valence-electron chi connectivity index (χ1n) is 12.2. The standard InChI is InChI=1S/C27H26F3N7O/c1-3-11-37(4-2)24-14-23-22(34-26(35-23)33-20-8-6-5-7-19(20)27(28,29)30)13-18(24)25(38)32-17-10-9-16-15-31-36-21(16)12-17/h5-10,12-15H,3-4,11H2,1-2H3,(H,31,36)(H,32,38)(H2,33,34,35). The summed E-state index contributed by atoms with van der Waals surface area (Å²) in [6.45, 7) is 5.43. The fraction of sp³-hybridized carbons (Fsp3) is 0.222. The average Bonchev–Trinajstić information content (AvgIpc) is 3.51. The molecule has 4 N–H and O–H groups in total. The number of alkyl halides is 3. The van der Waals surface area contributed by atoms with Crippen LogP contribution in [0.15, 0.2) is 60.8 Å². The number of H-pyrrole nitrogens is 2. The molecule has 2 aromatic heterocycles. The number of halogens is 3. The highest BCUT2D eigenvalue weighted by Crippen LogP contribution is 2.36. The van der Waals surface area contributed by atoms with Gasteiger partial charge in [0.25, 0.3) is 5.91 Å². The first-order valence-corrected chi connectivity index (χ1v) is 12.2. The molecular weight excluding hydrogens is 495 g/mol. The molecule has 0 spiro atoms. The second-order valence-corrected chi connectivity index (χ2v) is 8.85. The summed E-state index contributed by atoms with van der Waals surface area (Å²) in [5.74, 6) is -0.176. The van der Waals surface area contributed by atoms with Crippen molar-refractivity contribution in [2.24, 2.45) is 0 Å². The highest BCUT2D eigenvalue weighted by atomic mass is 19.4. The average molecular weight is 522 g/mol. The number of imidazole rings is 1. The molecule has 5 rings (SSSR count). The molecule has 0 aliphatic carbocycles. The van der Waals surface area contributed by atoms with Crippen molar-refractivity contribution in [3.63, 3.8) is 0 Å². The molecular formula is C27H26F3N7O. The highest BCUT2D eigenvalue weighted by molar-refractivity contribution is 6.11. The molecule has 11 heteroatoms. The maximum Gasteiger partial charge on any atom is 0.418 e. The zero-order valence-electron chi connectivity index (χ0n) is 20.8. The van der Waals surface area contributed by atoms with Gasteiger partial charge >= 0.3 is 6.18 Å². The molecule has 2 heterocycles. The number of rotatable bonds is 8. The van der Waals surface area contributed by atoms with E-state index in [2.05, 4.69) is 42.6 Å².